The standard InChI is InChI=1S/CH2O3.Ba.Mg.Sr.6H/c2-1(3)4;;;;;;;;;/h(H2,2,3,4);;;;;;;;;/q;3*+2;6*-1. The van der Waals surface area contributed by atoms with Crippen LogP contribution in [0.25, 0.3) is 0 Å². The van der Waals surface area contributed by atoms with Crippen LogP contribution in [0.15, 0.2) is 0 Å². The average Bonchev–Trinajstić information content (AvgIpc) is 0.811. The third-order valence-electron chi connectivity index (χ3n) is 0. The summed E-state index contributed by atoms with van der Waals surface area (Å²) in [6, 6.07) is 0. The van der Waals surface area contributed by atoms with E-state index in [1.807, 2.05) is 0 Å². The minimum atomic E-state index is -1.83. The van der Waals surface area contributed by atoms with Gasteiger partial charge in [0.05, 0.1) is 0 Å². The van der Waals surface area contributed by atoms with E-state index >= 15 is 0 Å². The molecule has 0 atom stereocenters. The maximum Gasteiger partial charge on any atom is 2.00 e. The molecule has 0 unspecified atom stereocenters. The van der Waals surface area contributed by atoms with Crippen molar-refractivity contribution < 1.29 is 23.6 Å². The van der Waals surface area contributed by atoms with Crippen LogP contribution < -0.4 is 0 Å². The average molecular weight is 317 g/mol. The molecule has 36 valence electrons. The zero-order valence-corrected chi connectivity index (χ0v) is 13.3. The molecule has 0 rings (SSSR count). The van der Waals surface area contributed by atoms with E-state index in [0.717, 1.165) is 0 Å². The van der Waals surface area contributed by atoms with Crippen LogP contribution in [-0.2, 0) is 0 Å². The first kappa shape index (κ1) is 22.5. The van der Waals surface area contributed by atoms with Gasteiger partial charge in [0.1, 0.15) is 0 Å². The molecule has 0 aromatic heterocycles. The van der Waals surface area contributed by atoms with Crippen molar-refractivity contribution in [2.24, 2.45) is 0 Å². The summed E-state index contributed by atoms with van der Waals surface area (Å²) in [6.45, 7) is 0. The smallest absolute Gasteiger partial charge is 1.00 e. The van der Waals surface area contributed by atoms with E-state index in [-0.39, 0.29) is 126 Å². The molecule has 0 amide bonds. The summed E-state index contributed by atoms with van der Waals surface area (Å²) in [4.78, 5) is 8.56. The third kappa shape index (κ3) is 47.9. The van der Waals surface area contributed by atoms with E-state index in [1.54, 1.807) is 0 Å². The molecule has 0 aromatic carbocycles. The maximum atomic E-state index is 8.56. The molecule has 6 heteroatoms. The summed E-state index contributed by atoms with van der Waals surface area (Å²) < 4.78 is 0. The van der Waals surface area contributed by atoms with Crippen LogP contribution in [0.4, 0.5) is 4.79 Å². The Hall–Kier alpha value is 3.09. The fourth-order valence-electron chi connectivity index (χ4n) is 0. The largest absolute Gasteiger partial charge is 2.00 e. The summed E-state index contributed by atoms with van der Waals surface area (Å²) in [5.41, 5.74) is 0. The topological polar surface area (TPSA) is 57.5 Å². The SMILES string of the molecule is O=C(O)O.[Ba+2].[H-].[H-].[H-].[H-].[H-].[H-].[Mg+2].[Sr+2]. The first-order chi connectivity index (χ1) is 1.73. The summed E-state index contributed by atoms with van der Waals surface area (Å²) in [5, 5.41) is 13.9. The van der Waals surface area contributed by atoms with E-state index in [4.69, 9.17) is 15.0 Å². The van der Waals surface area contributed by atoms with Gasteiger partial charge in [-0.1, -0.05) is 0 Å². The number of hydrogen-bond donors (Lipinski definition) is 2. The van der Waals surface area contributed by atoms with Crippen molar-refractivity contribution >= 4 is 124 Å². The Bertz CT molecular complexity index is 50.9. The predicted octanol–water partition coefficient (Wildman–Crippen LogP) is -0.245. The minimum absolute atomic E-state index is 0. The van der Waals surface area contributed by atoms with Crippen LogP contribution in [0.5, 0.6) is 0 Å². The van der Waals surface area contributed by atoms with Crippen LogP contribution in [0, 0.1) is 0 Å². The molecule has 0 aliphatic rings. The van der Waals surface area contributed by atoms with Gasteiger partial charge in [0.2, 0.25) is 0 Å². The second kappa shape index (κ2) is 16.0. The normalized spacial score (nSPS) is 3.43. The van der Waals surface area contributed by atoms with Crippen molar-refractivity contribution in [3.8, 4) is 0 Å². The van der Waals surface area contributed by atoms with Gasteiger partial charge in [-0.3, -0.25) is 0 Å². The Labute approximate surface area is 144 Å². The van der Waals surface area contributed by atoms with Crippen LogP contribution in [0.1, 0.15) is 8.56 Å². The molecule has 0 fully saturated rings. The predicted molar refractivity (Wildman–Crippen MR) is 34.6 cm³/mol. The number of carboxylic acid groups (broad SMARTS) is 2. The second-order valence-electron chi connectivity index (χ2n) is 0.283. The van der Waals surface area contributed by atoms with E-state index in [2.05, 4.69) is 0 Å². The van der Waals surface area contributed by atoms with Crippen molar-refractivity contribution in [1.82, 2.24) is 0 Å². The molecule has 0 aromatic rings. The minimum Gasteiger partial charge on any atom is -1.00 e. The molecular formula is CH8BaMgO3Sr. The van der Waals surface area contributed by atoms with Gasteiger partial charge in [-0.25, -0.2) is 4.79 Å². The second-order valence-corrected chi connectivity index (χ2v) is 0.283. The van der Waals surface area contributed by atoms with E-state index < -0.39 is 6.16 Å². The molecule has 0 saturated carbocycles. The molecule has 0 aliphatic carbocycles. The molecule has 7 heavy (non-hydrogen) atoms. The van der Waals surface area contributed by atoms with Gasteiger partial charge in [0.15, 0.2) is 0 Å². The summed E-state index contributed by atoms with van der Waals surface area (Å²) in [6.07, 6.45) is -1.83. The van der Waals surface area contributed by atoms with Crippen molar-refractivity contribution in [3.05, 3.63) is 0 Å². The van der Waals surface area contributed by atoms with Crippen molar-refractivity contribution in [2.45, 2.75) is 0 Å². The number of rotatable bonds is 0. The molecular weight excluding hydrogens is 309 g/mol. The van der Waals surface area contributed by atoms with Crippen LogP contribution in [0.2, 0.25) is 0 Å². The van der Waals surface area contributed by atoms with Crippen molar-refractivity contribution in [2.75, 3.05) is 0 Å². The van der Waals surface area contributed by atoms with Crippen LogP contribution in [-0.4, -0.2) is 134 Å². The third-order valence-corrected chi connectivity index (χ3v) is 0. The van der Waals surface area contributed by atoms with Crippen LogP contribution >= 0.6 is 0 Å². The fraction of sp³-hybridized carbons (Fsp3) is 0. The van der Waals surface area contributed by atoms with Gasteiger partial charge >= 0.3 is 124 Å². The Morgan fingerprint density at radius 1 is 1.43 bits per heavy atom. The Balaban J connectivity index is -0.00000000125. The Kier molecular flexibility index (Phi) is 51.5. The molecule has 0 saturated heterocycles. The quantitative estimate of drug-likeness (QED) is 0.606. The van der Waals surface area contributed by atoms with Crippen molar-refractivity contribution in [1.29, 1.82) is 0 Å². The summed E-state index contributed by atoms with van der Waals surface area (Å²) in [7, 11) is 0. The number of hydrogen-bond acceptors (Lipinski definition) is 1. The molecule has 2 N–H and O–H groups in total. The van der Waals surface area contributed by atoms with Gasteiger partial charge in [-0.2, -0.15) is 0 Å². The first-order valence-electron chi connectivity index (χ1n) is 0.651. The molecule has 0 aliphatic heterocycles. The maximum absolute atomic E-state index is 8.56. The van der Waals surface area contributed by atoms with E-state index in [9.17, 15) is 0 Å². The molecule has 0 radical (unpaired) electrons. The van der Waals surface area contributed by atoms with Gasteiger partial charge in [0.25, 0.3) is 0 Å². The number of carbonyl (C=O) groups is 1. The van der Waals surface area contributed by atoms with Gasteiger partial charge in [0, 0.05) is 0 Å². The zero-order chi connectivity index (χ0) is 3.58. The zero-order valence-electron chi connectivity index (χ0n) is 9.92. The molecule has 3 nitrogen and oxygen atoms in total. The monoisotopic (exact) mass is 318 g/mol. The summed E-state index contributed by atoms with van der Waals surface area (Å²) >= 11 is 0. The Morgan fingerprint density at radius 3 is 1.43 bits per heavy atom. The van der Waals surface area contributed by atoms with Crippen LogP contribution in [0.3, 0.4) is 0 Å². The fourth-order valence-corrected chi connectivity index (χ4v) is 0. The summed E-state index contributed by atoms with van der Waals surface area (Å²) in [5.74, 6) is 0. The van der Waals surface area contributed by atoms with Gasteiger partial charge in [-0.05, 0) is 0 Å². The molecule has 0 heterocycles. The van der Waals surface area contributed by atoms with E-state index in [1.165, 1.54) is 0 Å². The van der Waals surface area contributed by atoms with Gasteiger partial charge < -0.3 is 18.8 Å². The first-order valence-corrected chi connectivity index (χ1v) is 0.651. The molecule has 0 spiro atoms. The van der Waals surface area contributed by atoms with E-state index in [0.29, 0.717) is 0 Å². The Morgan fingerprint density at radius 2 is 1.43 bits per heavy atom. The molecule has 0 bridgehead atoms. The van der Waals surface area contributed by atoms with Gasteiger partial charge in [-0.15, -0.1) is 0 Å². The van der Waals surface area contributed by atoms with Crippen molar-refractivity contribution in [3.63, 3.8) is 0 Å².